The highest BCUT2D eigenvalue weighted by molar-refractivity contribution is 9.10. The average molecular weight is 473 g/mol. The van der Waals surface area contributed by atoms with Gasteiger partial charge in [-0.3, -0.25) is 0 Å². The van der Waals surface area contributed by atoms with E-state index in [9.17, 15) is 0 Å². The summed E-state index contributed by atoms with van der Waals surface area (Å²) >= 11 is 3.57. The lowest BCUT2D eigenvalue weighted by atomic mass is 10.1. The van der Waals surface area contributed by atoms with E-state index in [2.05, 4.69) is 94.2 Å². The maximum Gasteiger partial charge on any atom is 0.162 e. The van der Waals surface area contributed by atoms with Crippen LogP contribution in [0.15, 0.2) is 77.3 Å². The van der Waals surface area contributed by atoms with Gasteiger partial charge in [-0.25, -0.2) is 9.97 Å². The van der Waals surface area contributed by atoms with Crippen molar-refractivity contribution in [2.75, 3.05) is 29.4 Å². The molecule has 0 N–H and O–H groups in total. The lowest BCUT2D eigenvalue weighted by Gasteiger charge is -2.42. The molecule has 3 aromatic carbocycles. The minimum absolute atomic E-state index is 0.388. The third-order valence-corrected chi connectivity index (χ3v) is 6.42. The van der Waals surface area contributed by atoms with Crippen LogP contribution in [-0.2, 0) is 0 Å². The Morgan fingerprint density at radius 3 is 2.55 bits per heavy atom. The highest BCUT2D eigenvalue weighted by Gasteiger charge is 2.26. The molecule has 2 heterocycles. The molecule has 0 amide bonds. The lowest BCUT2D eigenvalue weighted by Crippen LogP contribution is -2.52. The predicted octanol–water partition coefficient (Wildman–Crippen LogP) is 6.08. The molecule has 1 saturated heterocycles. The Morgan fingerprint density at radius 2 is 1.74 bits per heavy atom. The summed E-state index contributed by atoms with van der Waals surface area (Å²) in [6.45, 7) is 7.27. The van der Waals surface area contributed by atoms with Gasteiger partial charge in [0.15, 0.2) is 5.82 Å². The Morgan fingerprint density at radius 1 is 0.903 bits per heavy atom. The molecule has 156 valence electrons. The van der Waals surface area contributed by atoms with Gasteiger partial charge in [-0.1, -0.05) is 52.3 Å². The Hall–Kier alpha value is -2.92. The average Bonchev–Trinajstić information content (AvgIpc) is 2.78. The number of benzene rings is 3. The predicted molar refractivity (Wildman–Crippen MR) is 133 cm³/mol. The first kappa shape index (κ1) is 20.0. The first-order chi connectivity index (χ1) is 15.1. The van der Waals surface area contributed by atoms with Gasteiger partial charge in [0, 0.05) is 46.8 Å². The Labute approximate surface area is 191 Å². The van der Waals surface area contributed by atoms with Crippen LogP contribution >= 0.6 is 15.9 Å². The minimum atomic E-state index is 0.388. The van der Waals surface area contributed by atoms with Gasteiger partial charge in [-0.05, 0) is 55.8 Å². The maximum atomic E-state index is 5.06. The highest BCUT2D eigenvalue weighted by Crippen LogP contribution is 2.31. The zero-order valence-corrected chi connectivity index (χ0v) is 19.4. The highest BCUT2D eigenvalue weighted by atomic mass is 79.9. The summed E-state index contributed by atoms with van der Waals surface area (Å²) in [5.74, 6) is 1.79. The Balaban J connectivity index is 1.51. The number of para-hydroxylation sites is 1. The molecule has 5 rings (SSSR count). The van der Waals surface area contributed by atoms with Gasteiger partial charge >= 0.3 is 0 Å². The van der Waals surface area contributed by atoms with Crippen LogP contribution in [-0.4, -0.2) is 35.6 Å². The van der Waals surface area contributed by atoms with Crippen molar-refractivity contribution in [2.24, 2.45) is 0 Å². The van der Waals surface area contributed by atoms with E-state index in [1.807, 2.05) is 18.2 Å². The van der Waals surface area contributed by atoms with E-state index >= 15 is 0 Å². The molecule has 1 aromatic heterocycles. The molecule has 4 nitrogen and oxygen atoms in total. The molecule has 31 heavy (non-hydrogen) atoms. The SMILES string of the molecule is Cc1cccc(N2CCN(c3nc(-c4cccc(Br)c4)nc4ccccc34)C[C@@H]2C)c1. The van der Waals surface area contributed by atoms with Crippen LogP contribution in [0.1, 0.15) is 12.5 Å². The topological polar surface area (TPSA) is 32.3 Å². The summed E-state index contributed by atoms with van der Waals surface area (Å²) in [5, 5.41) is 1.11. The van der Waals surface area contributed by atoms with Crippen molar-refractivity contribution in [3.8, 4) is 11.4 Å². The van der Waals surface area contributed by atoms with Crippen molar-refractivity contribution < 1.29 is 0 Å². The number of hydrogen-bond donors (Lipinski definition) is 0. The summed E-state index contributed by atoms with van der Waals surface area (Å²) in [6, 6.07) is 25.7. The molecule has 0 unspecified atom stereocenters. The van der Waals surface area contributed by atoms with Crippen LogP contribution in [0, 0.1) is 6.92 Å². The van der Waals surface area contributed by atoms with Gasteiger partial charge in [0.25, 0.3) is 0 Å². The van der Waals surface area contributed by atoms with Crippen LogP contribution in [0.2, 0.25) is 0 Å². The van der Waals surface area contributed by atoms with E-state index in [4.69, 9.17) is 9.97 Å². The molecule has 5 heteroatoms. The molecule has 0 radical (unpaired) electrons. The van der Waals surface area contributed by atoms with Gasteiger partial charge < -0.3 is 9.80 Å². The minimum Gasteiger partial charge on any atom is -0.365 e. The first-order valence-corrected chi connectivity index (χ1v) is 11.5. The van der Waals surface area contributed by atoms with Gasteiger partial charge in [0.05, 0.1) is 5.52 Å². The van der Waals surface area contributed by atoms with Crippen LogP contribution in [0.5, 0.6) is 0 Å². The molecule has 0 aliphatic carbocycles. The smallest absolute Gasteiger partial charge is 0.162 e. The monoisotopic (exact) mass is 472 g/mol. The second-order valence-electron chi connectivity index (χ2n) is 8.23. The zero-order chi connectivity index (χ0) is 21.4. The van der Waals surface area contributed by atoms with Crippen molar-refractivity contribution in [1.82, 2.24) is 9.97 Å². The van der Waals surface area contributed by atoms with Gasteiger partial charge in [0.1, 0.15) is 5.82 Å². The van der Waals surface area contributed by atoms with Crippen LogP contribution in [0.3, 0.4) is 0 Å². The van der Waals surface area contributed by atoms with E-state index in [0.717, 1.165) is 52.2 Å². The molecule has 0 spiro atoms. The zero-order valence-electron chi connectivity index (χ0n) is 17.8. The number of fused-ring (bicyclic) bond motifs is 1. The largest absolute Gasteiger partial charge is 0.365 e. The second kappa shape index (κ2) is 8.31. The van der Waals surface area contributed by atoms with Crippen LogP contribution < -0.4 is 9.80 Å². The molecule has 1 aliphatic heterocycles. The van der Waals surface area contributed by atoms with Gasteiger partial charge in [-0.15, -0.1) is 0 Å². The third-order valence-electron chi connectivity index (χ3n) is 5.93. The number of halogens is 1. The molecule has 1 atom stereocenters. The van der Waals surface area contributed by atoms with Crippen molar-refractivity contribution in [1.29, 1.82) is 0 Å². The molecule has 0 bridgehead atoms. The summed E-state index contributed by atoms with van der Waals surface area (Å²) in [4.78, 5) is 14.8. The maximum absolute atomic E-state index is 5.06. The lowest BCUT2D eigenvalue weighted by molar-refractivity contribution is 0.548. The number of nitrogens with zero attached hydrogens (tertiary/aromatic N) is 4. The van der Waals surface area contributed by atoms with Gasteiger partial charge in [0.2, 0.25) is 0 Å². The number of rotatable bonds is 3. The normalized spacial score (nSPS) is 16.7. The van der Waals surface area contributed by atoms with E-state index in [1.165, 1.54) is 11.3 Å². The van der Waals surface area contributed by atoms with Crippen molar-refractivity contribution in [3.05, 3.63) is 82.8 Å². The van der Waals surface area contributed by atoms with Gasteiger partial charge in [-0.2, -0.15) is 0 Å². The first-order valence-electron chi connectivity index (χ1n) is 10.7. The van der Waals surface area contributed by atoms with E-state index in [1.54, 1.807) is 0 Å². The molecular weight excluding hydrogens is 448 g/mol. The Kier molecular flexibility index (Phi) is 5.36. The van der Waals surface area contributed by atoms with Crippen molar-refractivity contribution >= 4 is 38.3 Å². The van der Waals surface area contributed by atoms with Crippen LogP contribution in [0.4, 0.5) is 11.5 Å². The number of aromatic nitrogens is 2. The number of anilines is 2. The molecule has 0 saturated carbocycles. The van der Waals surface area contributed by atoms with Crippen molar-refractivity contribution in [2.45, 2.75) is 19.9 Å². The molecule has 1 aliphatic rings. The summed E-state index contributed by atoms with van der Waals surface area (Å²) < 4.78 is 1.03. The standard InChI is InChI=1S/C26H25BrN4/c1-18-7-5-10-22(15-18)31-14-13-30(17-19(31)2)26-23-11-3-4-12-24(23)28-25(29-26)20-8-6-9-21(27)16-20/h3-12,15-16,19H,13-14,17H2,1-2H3/t19-/m0/s1. The fourth-order valence-corrected chi connectivity index (χ4v) is 4.80. The summed E-state index contributed by atoms with van der Waals surface area (Å²) in [6.07, 6.45) is 0. The number of piperazine rings is 1. The summed E-state index contributed by atoms with van der Waals surface area (Å²) in [7, 11) is 0. The second-order valence-corrected chi connectivity index (χ2v) is 9.14. The fraction of sp³-hybridized carbons (Fsp3) is 0.231. The quantitative estimate of drug-likeness (QED) is 0.361. The number of hydrogen-bond acceptors (Lipinski definition) is 4. The molecule has 4 aromatic rings. The molecule has 1 fully saturated rings. The van der Waals surface area contributed by atoms with E-state index in [-0.39, 0.29) is 0 Å². The van der Waals surface area contributed by atoms with Crippen molar-refractivity contribution in [3.63, 3.8) is 0 Å². The Bertz CT molecular complexity index is 1240. The third kappa shape index (κ3) is 4.02. The molecular formula is C26H25BrN4. The van der Waals surface area contributed by atoms with Crippen LogP contribution in [0.25, 0.3) is 22.3 Å². The van der Waals surface area contributed by atoms with E-state index < -0.39 is 0 Å². The summed E-state index contributed by atoms with van der Waals surface area (Å²) in [5.41, 5.74) is 4.60. The fourth-order valence-electron chi connectivity index (χ4n) is 4.40. The van der Waals surface area contributed by atoms with E-state index in [0.29, 0.717) is 6.04 Å². The number of aryl methyl sites for hydroxylation is 1.